The Kier molecular flexibility index (Phi) is 7.09. The first-order chi connectivity index (χ1) is 14.3. The van der Waals surface area contributed by atoms with Crippen LogP contribution in [0.2, 0.25) is 0 Å². The number of esters is 1. The Hall–Kier alpha value is -2.56. The zero-order chi connectivity index (χ0) is 23.6. The molecule has 0 aliphatic carbocycles. The topological polar surface area (TPSA) is 64.3 Å². The van der Waals surface area contributed by atoms with E-state index in [1.807, 2.05) is 13.8 Å². The lowest BCUT2D eigenvalue weighted by molar-refractivity contribution is -0.376. The number of carbonyl (C=O) groups excluding carboxylic acids is 1. The van der Waals surface area contributed by atoms with Gasteiger partial charge in [-0.2, -0.15) is 26.3 Å². The molecule has 0 amide bonds. The van der Waals surface area contributed by atoms with E-state index in [9.17, 15) is 36.2 Å². The molecule has 31 heavy (non-hydrogen) atoms. The third-order valence-corrected chi connectivity index (χ3v) is 5.09. The maximum Gasteiger partial charge on any atom is 0.430 e. The summed E-state index contributed by atoms with van der Waals surface area (Å²) in [5.74, 6) is -0.0144. The number of hydrogen-bond acceptors (Lipinski definition) is 4. The second-order valence-electron chi connectivity index (χ2n) is 7.08. The number of alkyl halides is 6. The number of aliphatic hydroxyl groups is 1. The van der Waals surface area contributed by atoms with Crippen LogP contribution >= 0.6 is 0 Å². The van der Waals surface area contributed by atoms with Gasteiger partial charge in [-0.05, 0) is 18.6 Å². The number of rotatable bonds is 7. The Morgan fingerprint density at radius 1 is 1.13 bits per heavy atom. The van der Waals surface area contributed by atoms with Crippen LogP contribution in [0, 0.1) is 0 Å². The molecule has 1 unspecified atom stereocenters. The standard InChI is InChI=1S/C20H22F6N2O3/c1-4-12(2)17-27-11-15(9-10-16(29)31-3)28(17)14-7-5-13(6-8-14)18(30,19(21,22)23)20(24,25)26/h5-8,11-12,30H,4,9-10H2,1-3H3. The summed E-state index contributed by atoms with van der Waals surface area (Å²) in [5, 5.41) is 9.56. The number of hydrogen-bond donors (Lipinski definition) is 1. The Morgan fingerprint density at radius 2 is 1.68 bits per heavy atom. The van der Waals surface area contributed by atoms with Crippen molar-refractivity contribution in [1.82, 2.24) is 9.55 Å². The van der Waals surface area contributed by atoms with Crippen molar-refractivity contribution in [3.63, 3.8) is 0 Å². The van der Waals surface area contributed by atoms with Gasteiger partial charge in [0.1, 0.15) is 5.82 Å². The summed E-state index contributed by atoms with van der Waals surface area (Å²) in [6.07, 6.45) is -9.53. The molecule has 1 N–H and O–H groups in total. The maximum absolute atomic E-state index is 13.1. The van der Waals surface area contributed by atoms with E-state index in [1.54, 1.807) is 4.57 Å². The van der Waals surface area contributed by atoms with E-state index in [4.69, 9.17) is 0 Å². The molecule has 0 fully saturated rings. The molecule has 2 rings (SSSR count). The molecule has 0 saturated carbocycles. The molecule has 1 aromatic heterocycles. The minimum Gasteiger partial charge on any atom is -0.469 e. The number of halogens is 6. The molecule has 1 atom stereocenters. The van der Waals surface area contributed by atoms with Crippen molar-refractivity contribution in [1.29, 1.82) is 0 Å². The molecule has 0 aliphatic rings. The van der Waals surface area contributed by atoms with Gasteiger partial charge in [-0.1, -0.05) is 26.0 Å². The first-order valence-corrected chi connectivity index (χ1v) is 9.38. The smallest absolute Gasteiger partial charge is 0.430 e. The number of methoxy groups -OCH3 is 1. The number of aryl methyl sites for hydroxylation is 1. The predicted molar refractivity (Wildman–Crippen MR) is 98.6 cm³/mol. The van der Waals surface area contributed by atoms with E-state index in [1.165, 1.54) is 13.3 Å². The summed E-state index contributed by atoms with van der Waals surface area (Å²) in [4.78, 5) is 15.8. The van der Waals surface area contributed by atoms with Gasteiger partial charge in [0, 0.05) is 35.5 Å². The summed E-state index contributed by atoms with van der Waals surface area (Å²) >= 11 is 0. The minimum atomic E-state index is -5.96. The fourth-order valence-electron chi connectivity index (χ4n) is 3.08. The van der Waals surface area contributed by atoms with Crippen LogP contribution in [0.4, 0.5) is 26.3 Å². The monoisotopic (exact) mass is 452 g/mol. The Bertz CT molecular complexity index is 889. The average molecular weight is 452 g/mol. The van der Waals surface area contributed by atoms with E-state index >= 15 is 0 Å². The molecule has 1 heterocycles. The van der Waals surface area contributed by atoms with Crippen LogP contribution in [-0.2, 0) is 21.6 Å². The summed E-state index contributed by atoms with van der Waals surface area (Å²) < 4.78 is 84.9. The second kappa shape index (κ2) is 8.89. The second-order valence-corrected chi connectivity index (χ2v) is 7.08. The number of ether oxygens (including phenoxy) is 1. The van der Waals surface area contributed by atoms with E-state index in [0.29, 0.717) is 30.1 Å². The fourth-order valence-corrected chi connectivity index (χ4v) is 3.08. The van der Waals surface area contributed by atoms with Crippen LogP contribution in [-0.4, -0.2) is 40.1 Å². The molecule has 0 aliphatic heterocycles. The molecule has 1 aromatic carbocycles. The molecule has 0 bridgehead atoms. The molecule has 0 spiro atoms. The molecule has 0 radical (unpaired) electrons. The van der Waals surface area contributed by atoms with Crippen molar-refractivity contribution in [3.8, 4) is 5.69 Å². The zero-order valence-electron chi connectivity index (χ0n) is 17.0. The maximum atomic E-state index is 13.1. The van der Waals surface area contributed by atoms with Gasteiger partial charge in [0.2, 0.25) is 0 Å². The van der Waals surface area contributed by atoms with E-state index < -0.39 is 29.5 Å². The highest BCUT2D eigenvalue weighted by molar-refractivity contribution is 5.69. The van der Waals surface area contributed by atoms with Gasteiger partial charge in [0.25, 0.3) is 5.60 Å². The highest BCUT2D eigenvalue weighted by Crippen LogP contribution is 2.50. The summed E-state index contributed by atoms with van der Waals surface area (Å²) in [7, 11) is 1.23. The number of nitrogens with zero attached hydrogens (tertiary/aromatic N) is 2. The molecule has 172 valence electrons. The van der Waals surface area contributed by atoms with E-state index in [0.717, 1.165) is 12.1 Å². The Morgan fingerprint density at radius 3 is 2.13 bits per heavy atom. The Labute approximate surface area is 174 Å². The average Bonchev–Trinajstić information content (AvgIpc) is 3.13. The summed E-state index contributed by atoms with van der Waals surface area (Å²) in [6, 6.07) is 3.27. The van der Waals surface area contributed by atoms with Gasteiger partial charge >= 0.3 is 18.3 Å². The van der Waals surface area contributed by atoms with Gasteiger partial charge < -0.3 is 14.4 Å². The molecule has 11 heteroatoms. The lowest BCUT2D eigenvalue weighted by atomic mass is 9.92. The van der Waals surface area contributed by atoms with Crippen LogP contribution in [0.3, 0.4) is 0 Å². The minimum absolute atomic E-state index is 0.0160. The van der Waals surface area contributed by atoms with E-state index in [2.05, 4.69) is 9.72 Å². The highest BCUT2D eigenvalue weighted by atomic mass is 19.4. The Balaban J connectivity index is 2.54. The van der Waals surface area contributed by atoms with Crippen molar-refractivity contribution in [2.45, 2.75) is 57.0 Å². The van der Waals surface area contributed by atoms with Crippen molar-refractivity contribution in [2.24, 2.45) is 0 Å². The third-order valence-electron chi connectivity index (χ3n) is 5.09. The molecule has 5 nitrogen and oxygen atoms in total. The number of benzene rings is 1. The normalized spacial score (nSPS) is 13.9. The van der Waals surface area contributed by atoms with Crippen LogP contribution in [0.15, 0.2) is 30.5 Å². The number of carbonyl (C=O) groups is 1. The predicted octanol–water partition coefficient (Wildman–Crippen LogP) is 4.80. The number of imidazole rings is 1. The fraction of sp³-hybridized carbons (Fsp3) is 0.500. The van der Waals surface area contributed by atoms with Gasteiger partial charge in [-0.3, -0.25) is 4.79 Å². The van der Waals surface area contributed by atoms with Crippen molar-refractivity contribution in [2.75, 3.05) is 7.11 Å². The molecule has 2 aromatic rings. The quantitative estimate of drug-likeness (QED) is 0.484. The lowest BCUT2D eigenvalue weighted by Crippen LogP contribution is -2.53. The van der Waals surface area contributed by atoms with Crippen LogP contribution in [0.25, 0.3) is 5.69 Å². The summed E-state index contributed by atoms with van der Waals surface area (Å²) in [6.45, 7) is 3.76. The largest absolute Gasteiger partial charge is 0.469 e. The van der Waals surface area contributed by atoms with Crippen molar-refractivity contribution in [3.05, 3.63) is 47.5 Å². The van der Waals surface area contributed by atoms with Crippen LogP contribution < -0.4 is 0 Å². The van der Waals surface area contributed by atoms with E-state index in [-0.39, 0.29) is 24.4 Å². The van der Waals surface area contributed by atoms with Gasteiger partial charge in [-0.15, -0.1) is 0 Å². The molecular weight excluding hydrogens is 430 g/mol. The first-order valence-electron chi connectivity index (χ1n) is 9.38. The van der Waals surface area contributed by atoms with Gasteiger partial charge in [0.15, 0.2) is 0 Å². The lowest BCUT2D eigenvalue weighted by Gasteiger charge is -2.32. The number of aromatic nitrogens is 2. The first kappa shape index (κ1) is 24.7. The van der Waals surface area contributed by atoms with Gasteiger partial charge in [-0.25, -0.2) is 4.98 Å². The SMILES string of the molecule is CCC(C)c1ncc(CCC(=O)OC)n1-c1ccc(C(O)(C(F)(F)F)C(F)(F)F)cc1. The van der Waals surface area contributed by atoms with Crippen LogP contribution in [0.1, 0.15) is 49.7 Å². The zero-order valence-corrected chi connectivity index (χ0v) is 17.0. The highest BCUT2D eigenvalue weighted by Gasteiger charge is 2.71. The summed E-state index contributed by atoms with van der Waals surface area (Å²) in [5.41, 5.74) is -5.56. The van der Waals surface area contributed by atoms with Crippen LogP contribution in [0.5, 0.6) is 0 Å². The molecule has 0 saturated heterocycles. The molecular formula is C20H22F6N2O3. The van der Waals surface area contributed by atoms with Crippen molar-refractivity contribution >= 4 is 5.97 Å². The van der Waals surface area contributed by atoms with Crippen molar-refractivity contribution < 1.29 is 41.0 Å². The third kappa shape index (κ3) is 4.70. The van der Waals surface area contributed by atoms with Gasteiger partial charge in [0.05, 0.1) is 13.5 Å².